The maximum Gasteiger partial charge on any atom is 0.391 e. The van der Waals surface area contributed by atoms with Crippen LogP contribution in [0.3, 0.4) is 0 Å². The van der Waals surface area contributed by atoms with Gasteiger partial charge < -0.3 is 9.80 Å². The summed E-state index contributed by atoms with van der Waals surface area (Å²) >= 11 is 0. The summed E-state index contributed by atoms with van der Waals surface area (Å²) in [6.45, 7) is 1.29. The first-order chi connectivity index (χ1) is 16.0. The number of hydrogen-bond donors (Lipinski definition) is 1. The summed E-state index contributed by atoms with van der Waals surface area (Å²) in [4.78, 5) is 17.3. The molecule has 1 aliphatic carbocycles. The Morgan fingerprint density at radius 2 is 1.62 bits per heavy atom. The van der Waals surface area contributed by atoms with Crippen LogP contribution in [0.2, 0.25) is 0 Å². The number of alkyl halides is 3. The Morgan fingerprint density at radius 3 is 2.24 bits per heavy atom. The molecule has 0 radical (unpaired) electrons. The first-order valence-electron chi connectivity index (χ1n) is 11.3. The fourth-order valence-electron chi connectivity index (χ4n) is 5.00. The van der Waals surface area contributed by atoms with Crippen LogP contribution in [0.1, 0.15) is 37.3 Å². The quantitative estimate of drug-likeness (QED) is 0.693. The third-order valence-corrected chi connectivity index (χ3v) is 7.81. The van der Waals surface area contributed by atoms with Crippen molar-refractivity contribution in [2.24, 2.45) is 17.0 Å². The molecule has 2 aliphatic rings. The van der Waals surface area contributed by atoms with Gasteiger partial charge in [-0.25, -0.2) is 13.6 Å². The van der Waals surface area contributed by atoms with Crippen molar-refractivity contribution in [2.75, 3.05) is 24.5 Å². The van der Waals surface area contributed by atoms with Gasteiger partial charge in [0.25, 0.3) is 0 Å². The van der Waals surface area contributed by atoms with Crippen molar-refractivity contribution < 1.29 is 26.4 Å². The molecule has 34 heavy (non-hydrogen) atoms. The molecular weight excluding hydrogens is 467 g/mol. The topological polar surface area (TPSA) is 83.7 Å². The van der Waals surface area contributed by atoms with Crippen molar-refractivity contribution in [3.05, 3.63) is 60.2 Å². The molecule has 10 heteroatoms. The Hall–Kier alpha value is -2.59. The Labute approximate surface area is 197 Å². The molecule has 1 heterocycles. The Bertz CT molecular complexity index is 1120. The van der Waals surface area contributed by atoms with Gasteiger partial charge >= 0.3 is 6.18 Å². The molecule has 1 saturated carbocycles. The predicted octanol–water partition coefficient (Wildman–Crippen LogP) is 4.09. The van der Waals surface area contributed by atoms with Gasteiger partial charge in [-0.05, 0) is 49.4 Å². The van der Waals surface area contributed by atoms with E-state index < -0.39 is 28.0 Å². The first kappa shape index (κ1) is 24.5. The number of benzene rings is 2. The van der Waals surface area contributed by atoms with Crippen LogP contribution < -0.4 is 10.0 Å². The Morgan fingerprint density at radius 1 is 0.941 bits per heavy atom. The van der Waals surface area contributed by atoms with Crippen LogP contribution in [-0.4, -0.2) is 45.0 Å². The van der Waals surface area contributed by atoms with E-state index in [0.29, 0.717) is 25.3 Å². The molecule has 184 valence electrons. The molecule has 1 aliphatic heterocycles. The van der Waals surface area contributed by atoms with Gasteiger partial charge in [-0.2, -0.15) is 13.2 Å². The van der Waals surface area contributed by atoms with Crippen molar-refractivity contribution in [1.82, 2.24) is 4.90 Å². The second kappa shape index (κ2) is 9.58. The normalized spacial score (nSPS) is 24.2. The van der Waals surface area contributed by atoms with E-state index in [9.17, 15) is 26.4 Å². The largest absolute Gasteiger partial charge is 0.391 e. The van der Waals surface area contributed by atoms with Gasteiger partial charge in [0, 0.05) is 31.2 Å². The summed E-state index contributed by atoms with van der Waals surface area (Å²) < 4.78 is 62.8. The molecule has 1 atom stereocenters. The number of anilines is 1. The fraction of sp³-hybridized carbons (Fsp3) is 0.458. The van der Waals surface area contributed by atoms with Crippen molar-refractivity contribution >= 4 is 21.6 Å². The molecular formula is C24H28F3N3O3S. The van der Waals surface area contributed by atoms with Crippen LogP contribution in [0, 0.1) is 11.8 Å². The molecule has 0 unspecified atom stereocenters. The van der Waals surface area contributed by atoms with E-state index in [1.165, 1.54) is 12.1 Å². The minimum absolute atomic E-state index is 0.0150. The maximum absolute atomic E-state index is 13.5. The van der Waals surface area contributed by atoms with Gasteiger partial charge in [0.1, 0.15) is 0 Å². The number of amides is 1. The lowest BCUT2D eigenvalue weighted by atomic mass is 9.80. The van der Waals surface area contributed by atoms with Gasteiger partial charge in [0.15, 0.2) is 0 Å². The third kappa shape index (κ3) is 5.38. The molecule has 4 rings (SSSR count). The number of piperazine rings is 1. The zero-order valence-electron chi connectivity index (χ0n) is 18.6. The second-order valence-electron chi connectivity index (χ2n) is 9.04. The van der Waals surface area contributed by atoms with E-state index in [1.54, 1.807) is 17.0 Å². The van der Waals surface area contributed by atoms with E-state index >= 15 is 0 Å². The number of hydrogen-bond acceptors (Lipinski definition) is 4. The molecule has 0 bridgehead atoms. The van der Waals surface area contributed by atoms with E-state index in [1.807, 2.05) is 35.2 Å². The second-order valence-corrected chi connectivity index (χ2v) is 10.6. The SMILES string of the molecule is NS(=O)(=O)c1cccc(N2CCN(C(=O)C3CCC(C(F)(F)F)CC3)[C@@H](c3ccccc3)C2)c1. The average molecular weight is 496 g/mol. The molecule has 2 N–H and O–H groups in total. The lowest BCUT2D eigenvalue weighted by Crippen LogP contribution is -2.52. The van der Waals surface area contributed by atoms with Crippen LogP contribution in [0.4, 0.5) is 18.9 Å². The standard InChI is InChI=1S/C24H28F3N3O3S/c25-24(26,27)19-11-9-18(10-12-19)23(31)30-14-13-29(16-22(30)17-5-2-1-3-6-17)20-7-4-8-21(15-20)34(28,32)33/h1-8,15,18-19,22H,9-14,16H2,(H2,28,32,33)/t18?,19?,22-/m1/s1. The lowest BCUT2D eigenvalue weighted by molar-refractivity contribution is -0.185. The number of carbonyl (C=O) groups excluding carboxylic acids is 1. The van der Waals surface area contributed by atoms with E-state index in [2.05, 4.69) is 0 Å². The number of nitrogens with two attached hydrogens (primary N) is 1. The first-order valence-corrected chi connectivity index (χ1v) is 12.9. The van der Waals surface area contributed by atoms with E-state index in [-0.39, 0.29) is 42.5 Å². The summed E-state index contributed by atoms with van der Waals surface area (Å²) in [5.41, 5.74) is 1.61. The maximum atomic E-state index is 13.5. The molecule has 2 aromatic carbocycles. The van der Waals surface area contributed by atoms with Gasteiger partial charge in [0.05, 0.1) is 16.9 Å². The van der Waals surface area contributed by atoms with Gasteiger partial charge in [-0.15, -0.1) is 0 Å². The van der Waals surface area contributed by atoms with Crippen molar-refractivity contribution in [1.29, 1.82) is 0 Å². The van der Waals surface area contributed by atoms with Crippen molar-refractivity contribution in [3.63, 3.8) is 0 Å². The highest BCUT2D eigenvalue weighted by molar-refractivity contribution is 7.89. The minimum atomic E-state index is -4.21. The summed E-state index contributed by atoms with van der Waals surface area (Å²) in [6, 6.07) is 15.6. The molecule has 1 amide bonds. The summed E-state index contributed by atoms with van der Waals surface area (Å²) in [7, 11) is -3.85. The third-order valence-electron chi connectivity index (χ3n) is 6.90. The van der Waals surface area contributed by atoms with Gasteiger partial charge in [-0.1, -0.05) is 36.4 Å². The van der Waals surface area contributed by atoms with E-state index in [0.717, 1.165) is 5.56 Å². The fourth-order valence-corrected chi connectivity index (χ4v) is 5.55. The summed E-state index contributed by atoms with van der Waals surface area (Å²) in [5, 5.41) is 5.28. The monoisotopic (exact) mass is 495 g/mol. The van der Waals surface area contributed by atoms with Crippen LogP contribution in [0.15, 0.2) is 59.5 Å². The number of sulfonamides is 1. The van der Waals surface area contributed by atoms with Gasteiger partial charge in [0.2, 0.25) is 15.9 Å². The number of carbonyl (C=O) groups is 1. The minimum Gasteiger partial charge on any atom is -0.367 e. The lowest BCUT2D eigenvalue weighted by Gasteiger charge is -2.44. The van der Waals surface area contributed by atoms with Crippen LogP contribution in [-0.2, 0) is 14.8 Å². The number of halogens is 3. The summed E-state index contributed by atoms with van der Waals surface area (Å²) in [6.07, 6.45) is -3.77. The van der Waals surface area contributed by atoms with Gasteiger partial charge in [-0.3, -0.25) is 4.79 Å². The van der Waals surface area contributed by atoms with Crippen LogP contribution in [0.5, 0.6) is 0 Å². The highest BCUT2D eigenvalue weighted by atomic mass is 32.2. The van der Waals surface area contributed by atoms with Crippen LogP contribution in [0.25, 0.3) is 0 Å². The van der Waals surface area contributed by atoms with Crippen molar-refractivity contribution in [2.45, 2.75) is 42.8 Å². The number of primary sulfonamides is 1. The Kier molecular flexibility index (Phi) is 6.91. The predicted molar refractivity (Wildman–Crippen MR) is 122 cm³/mol. The number of rotatable bonds is 4. The molecule has 2 aromatic rings. The smallest absolute Gasteiger partial charge is 0.367 e. The molecule has 1 saturated heterocycles. The molecule has 0 aromatic heterocycles. The highest BCUT2D eigenvalue weighted by Gasteiger charge is 2.44. The zero-order chi connectivity index (χ0) is 24.5. The molecule has 6 nitrogen and oxygen atoms in total. The highest BCUT2D eigenvalue weighted by Crippen LogP contribution is 2.41. The van der Waals surface area contributed by atoms with Crippen LogP contribution >= 0.6 is 0 Å². The van der Waals surface area contributed by atoms with E-state index in [4.69, 9.17) is 5.14 Å². The summed E-state index contributed by atoms with van der Waals surface area (Å²) in [5.74, 6) is -1.85. The number of nitrogens with zero attached hydrogens (tertiary/aromatic N) is 2. The molecule has 2 fully saturated rings. The molecule has 0 spiro atoms. The average Bonchev–Trinajstić information content (AvgIpc) is 2.83. The zero-order valence-corrected chi connectivity index (χ0v) is 19.4. The van der Waals surface area contributed by atoms with Crippen molar-refractivity contribution in [3.8, 4) is 0 Å². The Balaban J connectivity index is 1.55.